The van der Waals surface area contributed by atoms with Gasteiger partial charge in [-0.25, -0.2) is 4.57 Å². The van der Waals surface area contributed by atoms with E-state index in [1.807, 2.05) is 6.92 Å². The molecule has 0 aliphatic rings. The Hall–Kier alpha value is -0.950. The van der Waals surface area contributed by atoms with Crippen molar-refractivity contribution in [1.82, 2.24) is 0 Å². The van der Waals surface area contributed by atoms with Gasteiger partial charge in [-0.05, 0) is 12.8 Å². The van der Waals surface area contributed by atoms with Gasteiger partial charge >= 0.3 is 19.8 Å². The molecule has 0 amide bonds. The van der Waals surface area contributed by atoms with Crippen LogP contribution in [0.25, 0.3) is 0 Å². The monoisotopic (exact) mass is 424 g/mol. The third kappa shape index (κ3) is 18.4. The van der Waals surface area contributed by atoms with Crippen LogP contribution in [0, 0.1) is 0 Å². The van der Waals surface area contributed by atoms with E-state index in [9.17, 15) is 14.2 Å². The predicted molar refractivity (Wildman–Crippen MR) is 106 cm³/mol. The van der Waals surface area contributed by atoms with Crippen molar-refractivity contribution in [3.05, 3.63) is 0 Å². The number of hydrogen-bond donors (Lipinski definition) is 2. The molecule has 0 aromatic rings. The molecule has 0 spiro atoms. The van der Waals surface area contributed by atoms with Gasteiger partial charge in [0.2, 0.25) is 0 Å². The average molecular weight is 424 g/mol. The van der Waals surface area contributed by atoms with Gasteiger partial charge in [0.25, 0.3) is 0 Å². The number of hydrogen-bond acceptors (Lipinski definition) is 6. The topological polar surface area (TPSA) is 119 Å². The van der Waals surface area contributed by atoms with E-state index in [4.69, 9.17) is 19.3 Å². The molecule has 0 heterocycles. The standard InChI is InChI=1S/C19H37O8P/c1-3-5-7-8-9-10-11-12-14-19(21)27-17(16-26-28(22,23)24)15-25-18(20)13-6-4-2/h17H,3-16H2,1-2H3,(H2,22,23,24). The molecular formula is C19H37O8P. The van der Waals surface area contributed by atoms with Crippen LogP contribution in [0.1, 0.15) is 90.9 Å². The van der Waals surface area contributed by atoms with Crippen molar-refractivity contribution < 1.29 is 37.9 Å². The van der Waals surface area contributed by atoms with E-state index in [0.717, 1.165) is 25.7 Å². The Kier molecular flexibility index (Phi) is 16.4. The second-order valence-electron chi connectivity index (χ2n) is 6.91. The first kappa shape index (κ1) is 27.0. The minimum atomic E-state index is -4.70. The van der Waals surface area contributed by atoms with Gasteiger partial charge < -0.3 is 19.3 Å². The summed E-state index contributed by atoms with van der Waals surface area (Å²) in [5, 5.41) is 0. The molecule has 0 aliphatic heterocycles. The Balaban J connectivity index is 4.16. The Morgan fingerprint density at radius 2 is 1.32 bits per heavy atom. The molecule has 1 unspecified atom stereocenters. The summed E-state index contributed by atoms with van der Waals surface area (Å²) in [7, 11) is -4.70. The Bertz CT molecular complexity index is 463. The van der Waals surface area contributed by atoms with Crippen LogP contribution in [-0.4, -0.2) is 41.0 Å². The maximum Gasteiger partial charge on any atom is 0.469 e. The minimum absolute atomic E-state index is 0.213. The second-order valence-corrected chi connectivity index (χ2v) is 8.15. The molecule has 0 fully saturated rings. The maximum atomic E-state index is 12.0. The number of carbonyl (C=O) groups is 2. The highest BCUT2D eigenvalue weighted by Gasteiger charge is 2.22. The van der Waals surface area contributed by atoms with Crippen LogP contribution in [0.5, 0.6) is 0 Å². The van der Waals surface area contributed by atoms with Gasteiger partial charge in [-0.3, -0.25) is 14.1 Å². The zero-order valence-electron chi connectivity index (χ0n) is 17.3. The van der Waals surface area contributed by atoms with E-state index in [0.29, 0.717) is 12.8 Å². The second kappa shape index (κ2) is 17.0. The van der Waals surface area contributed by atoms with Crippen LogP contribution >= 0.6 is 7.82 Å². The van der Waals surface area contributed by atoms with Crippen LogP contribution in [0.3, 0.4) is 0 Å². The molecule has 0 rings (SSSR count). The summed E-state index contributed by atoms with van der Waals surface area (Å²) in [5.41, 5.74) is 0. The van der Waals surface area contributed by atoms with E-state index in [1.165, 1.54) is 25.7 Å². The van der Waals surface area contributed by atoms with Gasteiger partial charge in [-0.15, -0.1) is 0 Å². The van der Waals surface area contributed by atoms with E-state index >= 15 is 0 Å². The smallest absolute Gasteiger partial charge is 0.462 e. The van der Waals surface area contributed by atoms with Crippen LogP contribution in [0.4, 0.5) is 0 Å². The average Bonchev–Trinajstić information content (AvgIpc) is 2.63. The normalized spacial score (nSPS) is 12.6. The molecule has 8 nitrogen and oxygen atoms in total. The zero-order valence-corrected chi connectivity index (χ0v) is 18.2. The first-order chi connectivity index (χ1) is 13.3. The Morgan fingerprint density at radius 3 is 1.89 bits per heavy atom. The highest BCUT2D eigenvalue weighted by atomic mass is 31.2. The Labute approximate surface area is 168 Å². The van der Waals surface area contributed by atoms with Crippen molar-refractivity contribution in [2.24, 2.45) is 0 Å². The van der Waals surface area contributed by atoms with Gasteiger partial charge in [-0.1, -0.05) is 65.2 Å². The van der Waals surface area contributed by atoms with Crippen LogP contribution in [0.15, 0.2) is 0 Å². The van der Waals surface area contributed by atoms with Crippen molar-refractivity contribution >= 4 is 19.8 Å². The highest BCUT2D eigenvalue weighted by molar-refractivity contribution is 7.46. The summed E-state index contributed by atoms with van der Waals surface area (Å²) in [4.78, 5) is 41.2. The maximum absolute atomic E-state index is 12.0. The fraction of sp³-hybridized carbons (Fsp3) is 0.895. The molecular weight excluding hydrogens is 387 g/mol. The SMILES string of the molecule is CCCCCCCCCCC(=O)OC(COC(=O)CCCC)COP(=O)(O)O. The molecule has 1 atom stereocenters. The number of ether oxygens (including phenoxy) is 2. The molecule has 0 radical (unpaired) electrons. The van der Waals surface area contributed by atoms with Crippen molar-refractivity contribution in [2.45, 2.75) is 97.0 Å². The van der Waals surface area contributed by atoms with E-state index in [-0.39, 0.29) is 19.4 Å². The van der Waals surface area contributed by atoms with Gasteiger partial charge in [0.15, 0.2) is 6.10 Å². The van der Waals surface area contributed by atoms with E-state index in [1.54, 1.807) is 0 Å². The fourth-order valence-electron chi connectivity index (χ4n) is 2.52. The number of carbonyl (C=O) groups excluding carboxylic acids is 2. The third-order valence-electron chi connectivity index (χ3n) is 4.13. The molecule has 0 aromatic carbocycles. The largest absolute Gasteiger partial charge is 0.469 e. The lowest BCUT2D eigenvalue weighted by Gasteiger charge is -2.18. The molecule has 0 aliphatic carbocycles. The summed E-state index contributed by atoms with van der Waals surface area (Å²) in [6.07, 6.45) is 9.71. The van der Waals surface area contributed by atoms with Crippen LogP contribution in [-0.2, 0) is 28.2 Å². The summed E-state index contributed by atoms with van der Waals surface area (Å²) in [6.45, 7) is 3.30. The summed E-state index contributed by atoms with van der Waals surface area (Å²) < 4.78 is 25.4. The molecule has 2 N–H and O–H groups in total. The van der Waals surface area contributed by atoms with Gasteiger partial charge in [0.1, 0.15) is 6.61 Å². The van der Waals surface area contributed by atoms with Crippen LogP contribution < -0.4 is 0 Å². The summed E-state index contributed by atoms with van der Waals surface area (Å²) >= 11 is 0. The lowest BCUT2D eigenvalue weighted by molar-refractivity contribution is -0.161. The molecule has 0 bridgehead atoms. The first-order valence-corrected chi connectivity index (χ1v) is 11.9. The molecule has 0 aromatic heterocycles. The van der Waals surface area contributed by atoms with Crippen molar-refractivity contribution in [3.63, 3.8) is 0 Å². The van der Waals surface area contributed by atoms with Crippen molar-refractivity contribution in [1.29, 1.82) is 0 Å². The van der Waals surface area contributed by atoms with Gasteiger partial charge in [-0.2, -0.15) is 0 Å². The lowest BCUT2D eigenvalue weighted by Crippen LogP contribution is -2.29. The fourth-order valence-corrected chi connectivity index (χ4v) is 2.88. The molecule has 0 saturated carbocycles. The van der Waals surface area contributed by atoms with Crippen LogP contribution in [0.2, 0.25) is 0 Å². The molecule has 166 valence electrons. The number of phosphoric acid groups is 1. The number of phosphoric ester groups is 1. The van der Waals surface area contributed by atoms with Crippen molar-refractivity contribution in [3.8, 4) is 0 Å². The molecule has 28 heavy (non-hydrogen) atoms. The van der Waals surface area contributed by atoms with Crippen molar-refractivity contribution in [2.75, 3.05) is 13.2 Å². The van der Waals surface area contributed by atoms with E-state index in [2.05, 4.69) is 11.4 Å². The van der Waals surface area contributed by atoms with Gasteiger partial charge in [0, 0.05) is 12.8 Å². The first-order valence-electron chi connectivity index (χ1n) is 10.3. The molecule has 9 heteroatoms. The minimum Gasteiger partial charge on any atom is -0.462 e. The summed E-state index contributed by atoms with van der Waals surface area (Å²) in [5.74, 6) is -0.933. The highest BCUT2D eigenvalue weighted by Crippen LogP contribution is 2.35. The number of rotatable bonds is 18. The lowest BCUT2D eigenvalue weighted by atomic mass is 10.1. The van der Waals surface area contributed by atoms with E-state index < -0.39 is 32.5 Å². The zero-order chi connectivity index (χ0) is 21.3. The number of esters is 2. The summed E-state index contributed by atoms with van der Waals surface area (Å²) in [6, 6.07) is 0. The third-order valence-corrected chi connectivity index (χ3v) is 4.61. The quantitative estimate of drug-likeness (QED) is 0.190. The molecule has 0 saturated heterocycles. The number of unbranched alkanes of at least 4 members (excludes halogenated alkanes) is 8. The Morgan fingerprint density at radius 1 is 0.786 bits per heavy atom. The predicted octanol–water partition coefficient (Wildman–Crippen LogP) is 4.27. The van der Waals surface area contributed by atoms with Gasteiger partial charge in [0.05, 0.1) is 6.61 Å².